The average Bonchev–Trinajstić information content (AvgIpc) is 3.09. The number of nitrogens with zero attached hydrogens (tertiary/aromatic N) is 3. The number of benzene rings is 1. The summed E-state index contributed by atoms with van der Waals surface area (Å²) < 4.78 is 0. The zero-order valence-corrected chi connectivity index (χ0v) is 15.7. The summed E-state index contributed by atoms with van der Waals surface area (Å²) in [5, 5.41) is 14.3. The molecule has 1 saturated carbocycles. The van der Waals surface area contributed by atoms with E-state index in [0.717, 1.165) is 25.3 Å². The van der Waals surface area contributed by atoms with Gasteiger partial charge in [0.25, 0.3) is 29.3 Å². The third kappa shape index (κ3) is 2.88. The number of carbonyl (C=O) groups excluding carboxylic acids is 5. The van der Waals surface area contributed by atoms with Gasteiger partial charge in [0.2, 0.25) is 0 Å². The Balaban J connectivity index is 1.49. The Bertz CT molecular complexity index is 1010. The van der Waals surface area contributed by atoms with Crippen LogP contribution in [0.5, 0.6) is 0 Å². The van der Waals surface area contributed by atoms with E-state index in [1.165, 1.54) is 12.1 Å². The molecule has 4 rings (SSSR count). The molecule has 12 nitrogen and oxygen atoms in total. The summed E-state index contributed by atoms with van der Waals surface area (Å²) in [6.07, 6.45) is 3.41. The Kier molecular flexibility index (Phi) is 4.48. The van der Waals surface area contributed by atoms with Crippen molar-refractivity contribution in [2.45, 2.75) is 37.6 Å². The molecule has 2 N–H and O–H groups in total. The second kappa shape index (κ2) is 6.90. The number of nitro benzene ring substituents is 1. The zero-order chi connectivity index (χ0) is 21.6. The van der Waals surface area contributed by atoms with Gasteiger partial charge in [0, 0.05) is 6.07 Å². The quantitative estimate of drug-likeness (QED) is 0.313. The number of carbonyl (C=O) groups is 5. The van der Waals surface area contributed by atoms with Gasteiger partial charge in [-0.15, -0.1) is 0 Å². The van der Waals surface area contributed by atoms with Crippen LogP contribution in [-0.4, -0.2) is 56.6 Å². The highest BCUT2D eigenvalue weighted by atomic mass is 16.6. The summed E-state index contributed by atoms with van der Waals surface area (Å²) >= 11 is 0. The van der Waals surface area contributed by atoms with Crippen molar-refractivity contribution in [1.82, 2.24) is 20.7 Å². The third-order valence-electron chi connectivity index (χ3n) is 5.58. The van der Waals surface area contributed by atoms with E-state index in [9.17, 15) is 34.1 Å². The fraction of sp³-hybridized carbons (Fsp3) is 0.389. The predicted molar refractivity (Wildman–Crippen MR) is 97.8 cm³/mol. The molecule has 0 unspecified atom stereocenters. The van der Waals surface area contributed by atoms with Gasteiger partial charge in [-0.25, -0.2) is 4.79 Å². The smallest absolute Gasteiger partial charge is 0.322 e. The van der Waals surface area contributed by atoms with Crippen molar-refractivity contribution in [1.29, 1.82) is 0 Å². The molecule has 0 bridgehead atoms. The minimum Gasteiger partial charge on any atom is -0.322 e. The topological polar surface area (TPSA) is 159 Å². The molecule has 0 atom stereocenters. The summed E-state index contributed by atoms with van der Waals surface area (Å²) in [5.41, 5.74) is -0.0221. The highest BCUT2D eigenvalue weighted by molar-refractivity contribution is 6.24. The van der Waals surface area contributed by atoms with Crippen LogP contribution in [0.4, 0.5) is 10.5 Å². The molecule has 3 aliphatic rings. The monoisotopic (exact) mass is 415 g/mol. The van der Waals surface area contributed by atoms with Crippen LogP contribution in [0, 0.1) is 10.1 Å². The van der Waals surface area contributed by atoms with Crippen LogP contribution in [0.25, 0.3) is 0 Å². The number of hydrogen-bond acceptors (Lipinski definition) is 7. The Hall–Kier alpha value is -3.83. The molecule has 1 saturated heterocycles. The van der Waals surface area contributed by atoms with E-state index in [1.54, 1.807) is 0 Å². The third-order valence-corrected chi connectivity index (χ3v) is 5.58. The first kappa shape index (κ1) is 19.5. The number of hydrogen-bond donors (Lipinski definition) is 2. The number of nitrogens with one attached hydrogen (secondary N) is 2. The largest absolute Gasteiger partial charge is 0.344 e. The van der Waals surface area contributed by atoms with Gasteiger partial charge in [-0.1, -0.05) is 25.3 Å². The first-order valence-corrected chi connectivity index (χ1v) is 9.35. The minimum atomic E-state index is -1.04. The summed E-state index contributed by atoms with van der Waals surface area (Å²) in [5.74, 6) is -3.39. The van der Waals surface area contributed by atoms with Gasteiger partial charge in [-0.05, 0) is 18.9 Å². The molecule has 156 valence electrons. The molecule has 0 aromatic heterocycles. The second-order valence-corrected chi connectivity index (χ2v) is 7.40. The number of hydrazine groups is 1. The van der Waals surface area contributed by atoms with Gasteiger partial charge in [0.05, 0.1) is 10.5 Å². The Morgan fingerprint density at radius 3 is 2.50 bits per heavy atom. The molecule has 1 aromatic rings. The second-order valence-electron chi connectivity index (χ2n) is 7.40. The Labute approximate surface area is 169 Å². The van der Waals surface area contributed by atoms with Gasteiger partial charge < -0.3 is 5.32 Å². The number of fused-ring (bicyclic) bond motifs is 1. The maximum atomic E-state index is 12.7. The maximum absolute atomic E-state index is 12.7. The number of amides is 6. The van der Waals surface area contributed by atoms with E-state index < -0.39 is 57.9 Å². The molecular formula is C18H17N5O7. The SMILES string of the molecule is O=C(CN1C(=O)c2cccc([N+](=O)[O-])c2C1=O)NN1C(=O)NC2(CCCCC2)C1=O. The van der Waals surface area contributed by atoms with Crippen LogP contribution in [0.2, 0.25) is 0 Å². The van der Waals surface area contributed by atoms with Crippen molar-refractivity contribution in [3.05, 3.63) is 39.4 Å². The lowest BCUT2D eigenvalue weighted by atomic mass is 9.82. The first-order chi connectivity index (χ1) is 14.2. The van der Waals surface area contributed by atoms with E-state index in [1.807, 2.05) is 0 Å². The molecule has 1 aliphatic carbocycles. The van der Waals surface area contributed by atoms with Crippen molar-refractivity contribution >= 4 is 35.3 Å². The van der Waals surface area contributed by atoms with E-state index in [2.05, 4.69) is 10.7 Å². The van der Waals surface area contributed by atoms with E-state index in [-0.39, 0.29) is 5.56 Å². The molecule has 2 aliphatic heterocycles. The number of urea groups is 1. The Morgan fingerprint density at radius 2 is 1.83 bits per heavy atom. The van der Waals surface area contributed by atoms with Crippen molar-refractivity contribution in [3.8, 4) is 0 Å². The predicted octanol–water partition coefficient (Wildman–Crippen LogP) is 0.477. The van der Waals surface area contributed by atoms with Gasteiger partial charge in [0.1, 0.15) is 17.6 Å². The van der Waals surface area contributed by atoms with E-state index >= 15 is 0 Å². The Morgan fingerprint density at radius 1 is 1.13 bits per heavy atom. The molecule has 12 heteroatoms. The number of nitro groups is 1. The van der Waals surface area contributed by atoms with Crippen LogP contribution in [0.1, 0.15) is 52.8 Å². The normalized spacial score (nSPS) is 19.9. The van der Waals surface area contributed by atoms with Gasteiger partial charge >= 0.3 is 6.03 Å². The van der Waals surface area contributed by atoms with Gasteiger partial charge in [-0.2, -0.15) is 5.01 Å². The standard InChI is InChI=1S/C18H17N5O7/c24-12(20-22-16(27)18(19-17(22)28)7-2-1-3-8-18)9-21-14(25)10-5-4-6-11(23(29)30)13(10)15(21)26/h4-6H,1-3,7-9H2,(H,19,28)(H,20,24). The summed E-state index contributed by atoms with van der Waals surface area (Å²) in [6.45, 7) is -0.798. The van der Waals surface area contributed by atoms with E-state index in [4.69, 9.17) is 0 Å². The summed E-state index contributed by atoms with van der Waals surface area (Å²) in [4.78, 5) is 73.2. The van der Waals surface area contributed by atoms with Crippen molar-refractivity contribution in [2.75, 3.05) is 6.54 Å². The average molecular weight is 415 g/mol. The van der Waals surface area contributed by atoms with Crippen molar-refractivity contribution in [3.63, 3.8) is 0 Å². The highest BCUT2D eigenvalue weighted by Gasteiger charge is 2.52. The molecule has 2 heterocycles. The van der Waals surface area contributed by atoms with Crippen LogP contribution in [-0.2, 0) is 9.59 Å². The van der Waals surface area contributed by atoms with Crippen LogP contribution < -0.4 is 10.7 Å². The van der Waals surface area contributed by atoms with Crippen LogP contribution in [0.15, 0.2) is 18.2 Å². The molecule has 1 aromatic carbocycles. The van der Waals surface area contributed by atoms with Crippen molar-refractivity contribution in [2.24, 2.45) is 0 Å². The summed E-state index contributed by atoms with van der Waals surface area (Å²) in [7, 11) is 0. The molecule has 30 heavy (non-hydrogen) atoms. The molecule has 2 fully saturated rings. The lowest BCUT2D eigenvalue weighted by Gasteiger charge is -2.30. The minimum absolute atomic E-state index is 0.182. The molecule has 0 radical (unpaired) electrons. The maximum Gasteiger partial charge on any atom is 0.344 e. The first-order valence-electron chi connectivity index (χ1n) is 9.35. The van der Waals surface area contributed by atoms with Crippen LogP contribution >= 0.6 is 0 Å². The fourth-order valence-electron chi connectivity index (χ4n) is 4.13. The zero-order valence-electron chi connectivity index (χ0n) is 15.7. The lowest BCUT2D eigenvalue weighted by molar-refractivity contribution is -0.385. The molecular weight excluding hydrogens is 398 g/mol. The van der Waals surface area contributed by atoms with Gasteiger partial charge in [0.15, 0.2) is 0 Å². The highest BCUT2D eigenvalue weighted by Crippen LogP contribution is 2.33. The summed E-state index contributed by atoms with van der Waals surface area (Å²) in [6, 6.07) is 2.82. The molecule has 6 amide bonds. The van der Waals surface area contributed by atoms with E-state index in [0.29, 0.717) is 22.8 Å². The fourth-order valence-corrected chi connectivity index (χ4v) is 4.13. The lowest BCUT2D eigenvalue weighted by Crippen LogP contribution is -2.52. The van der Waals surface area contributed by atoms with Crippen molar-refractivity contribution < 1.29 is 28.9 Å². The van der Waals surface area contributed by atoms with Gasteiger partial charge in [-0.3, -0.25) is 39.6 Å². The number of imide groups is 2. The van der Waals surface area contributed by atoms with Crippen LogP contribution in [0.3, 0.4) is 0 Å². The number of rotatable bonds is 4. The molecule has 1 spiro atoms.